The fourth-order valence-electron chi connectivity index (χ4n) is 0.864. The van der Waals surface area contributed by atoms with Crippen LogP contribution in [-0.2, 0) is 0 Å². The van der Waals surface area contributed by atoms with E-state index >= 15 is 0 Å². The second-order valence-electron chi connectivity index (χ2n) is 2.47. The summed E-state index contributed by atoms with van der Waals surface area (Å²) < 4.78 is 0. The number of nitrogens with zero attached hydrogens (tertiary/aromatic N) is 4. The van der Waals surface area contributed by atoms with Gasteiger partial charge in [-0.25, -0.2) is 0 Å². The molecule has 0 amide bonds. The van der Waals surface area contributed by atoms with E-state index in [9.17, 15) is 0 Å². The molecule has 14 heavy (non-hydrogen) atoms. The molecule has 4 heteroatoms. The Labute approximate surface area is 81.0 Å². The predicted octanol–water partition coefficient (Wildman–Crippen LogP) is 0.666. The quantitative estimate of drug-likeness (QED) is 0.562. The lowest BCUT2D eigenvalue weighted by molar-refractivity contribution is 1.01. The average Bonchev–Trinajstić information content (AvgIpc) is 2.29. The molecule has 0 bridgehead atoms. The van der Waals surface area contributed by atoms with Crippen molar-refractivity contribution in [3.05, 3.63) is 48.0 Å². The van der Waals surface area contributed by atoms with Gasteiger partial charge in [-0.1, -0.05) is 0 Å². The molecule has 0 radical (unpaired) electrons. The van der Waals surface area contributed by atoms with Crippen LogP contribution in [0.4, 0.5) is 0 Å². The Balaban J connectivity index is 2.24. The first-order chi connectivity index (χ1) is 6.95. The lowest BCUT2D eigenvalue weighted by Gasteiger charge is -1.85. The van der Waals surface area contributed by atoms with Crippen molar-refractivity contribution in [2.75, 3.05) is 0 Å². The fourth-order valence-corrected chi connectivity index (χ4v) is 0.864. The molecule has 2 aromatic rings. The average molecular weight is 182 g/mol. The van der Waals surface area contributed by atoms with E-state index in [1.807, 2.05) is 0 Å². The van der Waals surface area contributed by atoms with Crippen LogP contribution in [0.3, 0.4) is 0 Å². The van der Waals surface area contributed by atoms with E-state index < -0.39 is 0 Å². The van der Waals surface area contributed by atoms with Crippen molar-refractivity contribution in [3.8, 4) is 11.8 Å². The van der Waals surface area contributed by atoms with Crippen LogP contribution in [-0.4, -0.2) is 20.4 Å². The van der Waals surface area contributed by atoms with E-state index in [1.165, 1.54) is 0 Å². The summed E-state index contributed by atoms with van der Waals surface area (Å²) in [5, 5.41) is 15.1. The summed E-state index contributed by atoms with van der Waals surface area (Å²) in [6.45, 7) is 0. The van der Waals surface area contributed by atoms with E-state index in [2.05, 4.69) is 32.2 Å². The van der Waals surface area contributed by atoms with Crippen LogP contribution in [0.2, 0.25) is 0 Å². The minimum absolute atomic E-state index is 0.623. The third-order valence-corrected chi connectivity index (χ3v) is 1.46. The van der Waals surface area contributed by atoms with Crippen LogP contribution in [0.25, 0.3) is 0 Å². The highest BCUT2D eigenvalue weighted by atomic mass is 15.1. The lowest BCUT2D eigenvalue weighted by Crippen LogP contribution is -1.86. The molecule has 0 N–H and O–H groups in total. The van der Waals surface area contributed by atoms with Gasteiger partial charge in [0.15, 0.2) is 0 Å². The topological polar surface area (TPSA) is 51.6 Å². The highest BCUT2D eigenvalue weighted by Gasteiger charge is 1.87. The van der Waals surface area contributed by atoms with Crippen LogP contribution in [0.15, 0.2) is 36.7 Å². The van der Waals surface area contributed by atoms with Crippen LogP contribution in [0, 0.1) is 11.8 Å². The van der Waals surface area contributed by atoms with Gasteiger partial charge in [0.25, 0.3) is 0 Å². The monoisotopic (exact) mass is 182 g/mol. The molecule has 2 heterocycles. The molecule has 0 aliphatic rings. The predicted molar refractivity (Wildman–Crippen MR) is 50.0 cm³/mol. The van der Waals surface area contributed by atoms with E-state index in [0.717, 1.165) is 0 Å². The minimum Gasteiger partial charge on any atom is -0.158 e. The normalized spacial score (nSPS) is 8.86. The Hall–Kier alpha value is -2.28. The first kappa shape index (κ1) is 8.32. The summed E-state index contributed by atoms with van der Waals surface area (Å²) in [5.74, 6) is 5.67. The maximum Gasteiger partial charge on any atom is 0.136 e. The molecule has 0 saturated heterocycles. The third kappa shape index (κ3) is 2.11. The van der Waals surface area contributed by atoms with Crippen LogP contribution < -0.4 is 0 Å². The molecule has 0 spiro atoms. The van der Waals surface area contributed by atoms with E-state index in [-0.39, 0.29) is 0 Å². The number of hydrogen-bond donors (Lipinski definition) is 0. The van der Waals surface area contributed by atoms with E-state index in [0.29, 0.717) is 11.4 Å². The molecule has 4 nitrogen and oxygen atoms in total. The largest absolute Gasteiger partial charge is 0.158 e. The van der Waals surface area contributed by atoms with Crippen molar-refractivity contribution in [1.29, 1.82) is 0 Å². The van der Waals surface area contributed by atoms with Crippen molar-refractivity contribution >= 4 is 0 Å². The molecule has 0 saturated carbocycles. The molecule has 0 aliphatic heterocycles. The Morgan fingerprint density at radius 3 is 1.64 bits per heavy atom. The van der Waals surface area contributed by atoms with Crippen molar-refractivity contribution in [2.45, 2.75) is 0 Å². The van der Waals surface area contributed by atoms with Gasteiger partial charge in [0.2, 0.25) is 0 Å². The zero-order chi connectivity index (χ0) is 9.64. The molecule has 0 aromatic carbocycles. The molecule has 0 fully saturated rings. The second-order valence-corrected chi connectivity index (χ2v) is 2.47. The van der Waals surface area contributed by atoms with E-state index in [1.54, 1.807) is 36.7 Å². The molecular formula is C10H6N4. The molecule has 0 unspecified atom stereocenters. The Kier molecular flexibility index (Phi) is 2.44. The van der Waals surface area contributed by atoms with Crippen molar-refractivity contribution < 1.29 is 0 Å². The van der Waals surface area contributed by atoms with Crippen molar-refractivity contribution in [2.24, 2.45) is 0 Å². The van der Waals surface area contributed by atoms with Crippen LogP contribution in [0.5, 0.6) is 0 Å². The highest BCUT2D eigenvalue weighted by molar-refractivity contribution is 5.34. The minimum atomic E-state index is 0.623. The molecule has 2 rings (SSSR count). The summed E-state index contributed by atoms with van der Waals surface area (Å²) >= 11 is 0. The maximum absolute atomic E-state index is 3.82. The Morgan fingerprint density at radius 1 is 0.786 bits per heavy atom. The number of hydrogen-bond acceptors (Lipinski definition) is 4. The zero-order valence-electron chi connectivity index (χ0n) is 7.25. The number of rotatable bonds is 0. The second kappa shape index (κ2) is 4.10. The smallest absolute Gasteiger partial charge is 0.136 e. The lowest BCUT2D eigenvalue weighted by atomic mass is 10.3. The summed E-state index contributed by atoms with van der Waals surface area (Å²) in [6, 6.07) is 7.15. The highest BCUT2D eigenvalue weighted by Crippen LogP contribution is 1.90. The maximum atomic E-state index is 3.82. The first-order valence-electron chi connectivity index (χ1n) is 4.02. The molecular weight excluding hydrogens is 176 g/mol. The Morgan fingerprint density at radius 2 is 1.29 bits per heavy atom. The Bertz CT molecular complexity index is 412. The summed E-state index contributed by atoms with van der Waals surface area (Å²) in [7, 11) is 0. The van der Waals surface area contributed by atoms with Crippen molar-refractivity contribution in [1.82, 2.24) is 20.4 Å². The van der Waals surface area contributed by atoms with Gasteiger partial charge in [0.1, 0.15) is 11.4 Å². The first-order valence-corrected chi connectivity index (χ1v) is 4.02. The molecule has 0 atom stereocenters. The van der Waals surface area contributed by atoms with E-state index in [4.69, 9.17) is 0 Å². The van der Waals surface area contributed by atoms with Gasteiger partial charge in [-0.05, 0) is 36.1 Å². The molecule has 0 aliphatic carbocycles. The van der Waals surface area contributed by atoms with Gasteiger partial charge in [-0.2, -0.15) is 10.2 Å². The van der Waals surface area contributed by atoms with Gasteiger partial charge in [0.05, 0.1) is 0 Å². The van der Waals surface area contributed by atoms with Crippen LogP contribution in [0.1, 0.15) is 11.4 Å². The van der Waals surface area contributed by atoms with Gasteiger partial charge < -0.3 is 0 Å². The van der Waals surface area contributed by atoms with Gasteiger partial charge >= 0.3 is 0 Å². The van der Waals surface area contributed by atoms with Gasteiger partial charge in [-0.3, -0.25) is 0 Å². The summed E-state index contributed by atoms with van der Waals surface area (Å²) in [5.41, 5.74) is 1.25. The zero-order valence-corrected chi connectivity index (χ0v) is 7.25. The summed E-state index contributed by atoms with van der Waals surface area (Å²) in [4.78, 5) is 0. The molecule has 66 valence electrons. The third-order valence-electron chi connectivity index (χ3n) is 1.46. The molecule has 2 aromatic heterocycles. The van der Waals surface area contributed by atoms with Crippen LogP contribution >= 0.6 is 0 Å². The number of aromatic nitrogens is 4. The SMILES string of the molecule is C(#Cc1cccnn1)c1cccnn1. The fraction of sp³-hybridized carbons (Fsp3) is 0. The van der Waals surface area contributed by atoms with Gasteiger partial charge in [0, 0.05) is 12.4 Å². The summed E-state index contributed by atoms with van der Waals surface area (Å²) in [6.07, 6.45) is 3.21. The standard InChI is InChI=1S/C10H6N4/c1-3-9(13-11-7-1)5-6-10-4-2-8-12-14-10/h1-4,7-8H. The van der Waals surface area contributed by atoms with Gasteiger partial charge in [-0.15, -0.1) is 10.2 Å². The van der Waals surface area contributed by atoms with Crippen molar-refractivity contribution in [3.63, 3.8) is 0 Å².